The molecule has 1 aliphatic heterocycles. The van der Waals surface area contributed by atoms with Gasteiger partial charge in [-0.05, 0) is 30.7 Å². The number of esters is 2. The molecule has 0 saturated carbocycles. The van der Waals surface area contributed by atoms with Gasteiger partial charge in [0.1, 0.15) is 17.1 Å². The van der Waals surface area contributed by atoms with Gasteiger partial charge in [0, 0.05) is 19.9 Å². The average Bonchev–Trinajstić information content (AvgIpc) is 2.32. The second-order valence-corrected chi connectivity index (χ2v) is 4.89. The van der Waals surface area contributed by atoms with Crippen molar-refractivity contribution in [1.82, 2.24) is 0 Å². The Labute approximate surface area is 121 Å². The molecule has 0 atom stereocenters. The van der Waals surface area contributed by atoms with Crippen molar-refractivity contribution in [2.24, 2.45) is 0 Å². The summed E-state index contributed by atoms with van der Waals surface area (Å²) in [6.07, 6.45) is 1.21. The first-order valence-electron chi connectivity index (χ1n) is 6.42. The minimum absolute atomic E-state index is 0.289. The Kier molecular flexibility index (Phi) is 3.97. The Hall–Kier alpha value is -2.37. The fourth-order valence-corrected chi connectivity index (χ4v) is 1.86. The first kappa shape index (κ1) is 15.0. The summed E-state index contributed by atoms with van der Waals surface area (Å²) in [6, 6.07) is 3.90. The normalized spacial score (nSPS) is 17.0. The summed E-state index contributed by atoms with van der Waals surface area (Å²) in [4.78, 5) is 23.6. The van der Waals surface area contributed by atoms with E-state index in [1.807, 2.05) is 0 Å². The van der Waals surface area contributed by atoms with Crippen molar-refractivity contribution >= 4 is 18.0 Å². The largest absolute Gasteiger partial charge is 0.494 e. The molecule has 0 radical (unpaired) electrons. The van der Waals surface area contributed by atoms with Gasteiger partial charge in [-0.15, -0.1) is 0 Å². The molecule has 0 spiro atoms. The maximum absolute atomic E-state index is 13.5. The van der Waals surface area contributed by atoms with Crippen LogP contribution < -0.4 is 4.74 Å². The third-order valence-electron chi connectivity index (χ3n) is 2.63. The van der Waals surface area contributed by atoms with Crippen LogP contribution in [0.3, 0.4) is 0 Å². The number of carbonyl (C=O) groups excluding carboxylic acids is 2. The van der Waals surface area contributed by atoms with Crippen molar-refractivity contribution in [3.63, 3.8) is 0 Å². The van der Waals surface area contributed by atoms with E-state index in [1.54, 1.807) is 6.92 Å². The molecule has 6 heteroatoms. The fourth-order valence-electron chi connectivity index (χ4n) is 1.86. The second-order valence-electron chi connectivity index (χ2n) is 4.89. The van der Waals surface area contributed by atoms with Gasteiger partial charge in [-0.25, -0.2) is 14.0 Å². The molecule has 1 heterocycles. The molecular formula is C15H15FO5. The maximum atomic E-state index is 13.5. The zero-order valence-electron chi connectivity index (χ0n) is 11.9. The summed E-state index contributed by atoms with van der Waals surface area (Å²) in [5, 5.41) is 0. The lowest BCUT2D eigenvalue weighted by Gasteiger charge is -2.29. The van der Waals surface area contributed by atoms with Crippen LogP contribution in [-0.2, 0) is 19.1 Å². The van der Waals surface area contributed by atoms with Crippen molar-refractivity contribution in [3.8, 4) is 5.75 Å². The number of halogens is 1. The van der Waals surface area contributed by atoms with E-state index in [0.29, 0.717) is 17.9 Å². The highest BCUT2D eigenvalue weighted by Crippen LogP contribution is 2.25. The van der Waals surface area contributed by atoms with E-state index in [2.05, 4.69) is 0 Å². The second kappa shape index (κ2) is 5.55. The van der Waals surface area contributed by atoms with Crippen molar-refractivity contribution in [1.29, 1.82) is 0 Å². The van der Waals surface area contributed by atoms with Crippen LogP contribution in [0, 0.1) is 5.82 Å². The number of cyclic esters (lactones) is 2. The number of hydrogen-bond donors (Lipinski definition) is 0. The van der Waals surface area contributed by atoms with E-state index >= 15 is 0 Å². The van der Waals surface area contributed by atoms with Gasteiger partial charge in [-0.3, -0.25) is 0 Å². The van der Waals surface area contributed by atoms with Crippen molar-refractivity contribution in [2.45, 2.75) is 26.6 Å². The van der Waals surface area contributed by atoms with E-state index in [0.717, 1.165) is 0 Å². The summed E-state index contributed by atoms with van der Waals surface area (Å²) in [5.41, 5.74) is 0.0180. The fraction of sp³-hybridized carbons (Fsp3) is 0.333. The van der Waals surface area contributed by atoms with Crippen LogP contribution in [0.4, 0.5) is 4.39 Å². The maximum Gasteiger partial charge on any atom is 0.348 e. The summed E-state index contributed by atoms with van der Waals surface area (Å²) < 4.78 is 28.6. The lowest BCUT2D eigenvalue weighted by Crippen LogP contribution is -2.41. The van der Waals surface area contributed by atoms with Gasteiger partial charge < -0.3 is 14.2 Å². The van der Waals surface area contributed by atoms with Crippen LogP contribution in [0.15, 0.2) is 23.8 Å². The number of benzene rings is 1. The monoisotopic (exact) mass is 294 g/mol. The first-order chi connectivity index (χ1) is 9.80. The minimum Gasteiger partial charge on any atom is -0.494 e. The standard InChI is InChI=1S/C15H15FO5/c1-4-19-11-6-9(5-10(16)8-11)7-12-13(17)20-15(2,3)21-14(12)18/h5-8H,4H2,1-3H3. The van der Waals surface area contributed by atoms with Gasteiger partial charge in [0.2, 0.25) is 0 Å². The Morgan fingerprint density at radius 3 is 2.38 bits per heavy atom. The number of rotatable bonds is 3. The molecule has 1 aromatic carbocycles. The Bertz CT molecular complexity index is 596. The lowest BCUT2D eigenvalue weighted by molar-refractivity contribution is -0.222. The topological polar surface area (TPSA) is 61.8 Å². The molecule has 2 rings (SSSR count). The Morgan fingerprint density at radius 1 is 1.19 bits per heavy atom. The molecule has 0 unspecified atom stereocenters. The third kappa shape index (κ3) is 3.59. The van der Waals surface area contributed by atoms with Gasteiger partial charge in [-0.2, -0.15) is 0 Å². The van der Waals surface area contributed by atoms with Gasteiger partial charge >= 0.3 is 11.9 Å². The van der Waals surface area contributed by atoms with Gasteiger partial charge in [0.25, 0.3) is 5.79 Å². The van der Waals surface area contributed by atoms with Crippen LogP contribution in [0.1, 0.15) is 26.3 Å². The molecular weight excluding hydrogens is 279 g/mol. The van der Waals surface area contributed by atoms with Crippen LogP contribution in [0.25, 0.3) is 6.08 Å². The molecule has 1 aliphatic rings. The molecule has 1 saturated heterocycles. The molecule has 1 fully saturated rings. The molecule has 1 aromatic rings. The molecule has 0 N–H and O–H groups in total. The zero-order valence-corrected chi connectivity index (χ0v) is 11.9. The lowest BCUT2D eigenvalue weighted by atomic mass is 10.1. The smallest absolute Gasteiger partial charge is 0.348 e. The molecule has 5 nitrogen and oxygen atoms in total. The quantitative estimate of drug-likeness (QED) is 0.487. The highest BCUT2D eigenvalue weighted by molar-refractivity contribution is 6.18. The Morgan fingerprint density at radius 2 is 1.81 bits per heavy atom. The first-order valence-corrected chi connectivity index (χ1v) is 6.42. The van der Waals surface area contributed by atoms with Crippen LogP contribution in [0.2, 0.25) is 0 Å². The molecule has 112 valence electrons. The molecule has 21 heavy (non-hydrogen) atoms. The van der Waals surface area contributed by atoms with E-state index in [-0.39, 0.29) is 5.57 Å². The van der Waals surface area contributed by atoms with Crippen molar-refractivity contribution in [2.75, 3.05) is 6.61 Å². The van der Waals surface area contributed by atoms with Gasteiger partial charge in [0.05, 0.1) is 6.61 Å². The van der Waals surface area contributed by atoms with Crippen molar-refractivity contribution < 1.29 is 28.2 Å². The minimum atomic E-state index is -1.30. The number of carbonyl (C=O) groups is 2. The van der Waals surface area contributed by atoms with E-state index in [4.69, 9.17) is 14.2 Å². The summed E-state index contributed by atoms with van der Waals surface area (Å²) in [6.45, 7) is 5.04. The summed E-state index contributed by atoms with van der Waals surface area (Å²) in [7, 11) is 0. The highest BCUT2D eigenvalue weighted by Gasteiger charge is 2.38. The van der Waals surface area contributed by atoms with Gasteiger partial charge in [-0.1, -0.05) is 0 Å². The van der Waals surface area contributed by atoms with Crippen LogP contribution in [0.5, 0.6) is 5.75 Å². The molecule has 0 aliphatic carbocycles. The third-order valence-corrected chi connectivity index (χ3v) is 2.63. The molecule has 0 aromatic heterocycles. The van der Waals surface area contributed by atoms with E-state index in [9.17, 15) is 14.0 Å². The van der Waals surface area contributed by atoms with Crippen molar-refractivity contribution in [3.05, 3.63) is 35.2 Å². The molecule has 0 amide bonds. The predicted molar refractivity (Wildman–Crippen MR) is 71.8 cm³/mol. The zero-order chi connectivity index (χ0) is 15.6. The van der Waals surface area contributed by atoms with Gasteiger partial charge in [0.15, 0.2) is 0 Å². The average molecular weight is 294 g/mol. The number of hydrogen-bond acceptors (Lipinski definition) is 5. The van der Waals surface area contributed by atoms with E-state index < -0.39 is 23.5 Å². The summed E-state index contributed by atoms with van der Waals surface area (Å²) >= 11 is 0. The number of ether oxygens (including phenoxy) is 3. The van der Waals surface area contributed by atoms with Crippen LogP contribution >= 0.6 is 0 Å². The SMILES string of the molecule is CCOc1cc(F)cc(C=C2C(=O)OC(C)(C)OC2=O)c1. The van der Waals surface area contributed by atoms with E-state index in [1.165, 1.54) is 38.1 Å². The Balaban J connectivity index is 2.35. The molecule has 0 bridgehead atoms. The van der Waals surface area contributed by atoms with Crippen LogP contribution in [-0.4, -0.2) is 24.3 Å². The predicted octanol–water partition coefficient (Wildman–Crippen LogP) is 2.44. The summed E-state index contributed by atoms with van der Waals surface area (Å²) in [5.74, 6) is -3.14. The highest BCUT2D eigenvalue weighted by atomic mass is 19.1.